The van der Waals surface area contributed by atoms with E-state index in [1.54, 1.807) is 0 Å². The van der Waals surface area contributed by atoms with Crippen LogP contribution >= 0.6 is 0 Å². The molecule has 0 unspecified atom stereocenters. The van der Waals surface area contributed by atoms with Gasteiger partial charge in [0.05, 0.1) is 22.7 Å². The highest BCUT2D eigenvalue weighted by molar-refractivity contribution is 6.24. The van der Waals surface area contributed by atoms with E-state index in [0.717, 1.165) is 57.1 Å². The van der Waals surface area contributed by atoms with Gasteiger partial charge in [0.1, 0.15) is 0 Å². The molecule has 4 heteroatoms. The number of nitrogens with zero attached hydrogens (tertiary/aromatic N) is 2. The first kappa shape index (κ1) is 36.1. The third kappa shape index (κ3) is 5.68. The Balaban J connectivity index is 1.20. The van der Waals surface area contributed by atoms with E-state index in [9.17, 15) is 0 Å². The maximum absolute atomic E-state index is 6.48. The van der Waals surface area contributed by atoms with E-state index in [0.29, 0.717) is 0 Å². The summed E-state index contributed by atoms with van der Waals surface area (Å²) in [4.78, 5) is 4.69. The first-order valence-corrected chi connectivity index (χ1v) is 21.3. The summed E-state index contributed by atoms with van der Waals surface area (Å²) in [6, 6.07) is 72.1. The van der Waals surface area contributed by atoms with Crippen molar-refractivity contribution in [2.24, 2.45) is 0 Å². The Bertz CT molecular complexity index is 3320. The SMILES string of the molecule is CC(C)(C)c1ccc(-c2c3cc(N4c5ccccc5Oc5ccccc54)ccc3c(-c3cccc4ccccc34)c3cc(N4c5ccccc5Oc5ccccc54)ccc23)cc1. The summed E-state index contributed by atoms with van der Waals surface area (Å²) >= 11 is 0. The van der Waals surface area contributed by atoms with Crippen molar-refractivity contribution in [2.75, 3.05) is 9.80 Å². The summed E-state index contributed by atoms with van der Waals surface area (Å²) in [5.41, 5.74) is 12.2. The molecule has 12 rings (SSSR count). The molecular weight excluding hydrogens is 757 g/mol. The van der Waals surface area contributed by atoms with Crippen LogP contribution in [0.2, 0.25) is 0 Å². The summed E-state index contributed by atoms with van der Waals surface area (Å²) < 4.78 is 13.0. The normalized spacial score (nSPS) is 13.0. The second kappa shape index (κ2) is 13.9. The van der Waals surface area contributed by atoms with Gasteiger partial charge in [0.15, 0.2) is 23.0 Å². The smallest absolute Gasteiger partial charge is 0.151 e. The lowest BCUT2D eigenvalue weighted by molar-refractivity contribution is 0.477. The van der Waals surface area contributed by atoms with Crippen LogP contribution in [-0.2, 0) is 5.41 Å². The molecule has 0 saturated heterocycles. The number of fused-ring (bicyclic) bond motifs is 7. The molecular formula is C58H42N2O2. The van der Waals surface area contributed by atoms with Crippen LogP contribution in [0.1, 0.15) is 26.3 Å². The quantitative estimate of drug-likeness (QED) is 0.166. The van der Waals surface area contributed by atoms with E-state index in [2.05, 4.69) is 206 Å². The molecule has 4 nitrogen and oxygen atoms in total. The number of hydrogen-bond acceptors (Lipinski definition) is 4. The Morgan fingerprint density at radius 3 is 1.31 bits per heavy atom. The molecule has 2 heterocycles. The lowest BCUT2D eigenvalue weighted by Crippen LogP contribution is -2.16. The van der Waals surface area contributed by atoms with Crippen LogP contribution in [0.15, 0.2) is 200 Å². The molecule has 296 valence electrons. The molecule has 2 aliphatic rings. The molecule has 0 aromatic heterocycles. The van der Waals surface area contributed by atoms with Gasteiger partial charge in [-0.1, -0.05) is 148 Å². The maximum atomic E-state index is 6.48. The molecule has 0 radical (unpaired) electrons. The zero-order valence-corrected chi connectivity index (χ0v) is 34.8. The van der Waals surface area contributed by atoms with E-state index >= 15 is 0 Å². The van der Waals surface area contributed by atoms with Crippen LogP contribution in [0.4, 0.5) is 34.1 Å². The number of para-hydroxylation sites is 8. The fourth-order valence-electron chi connectivity index (χ4n) is 9.63. The zero-order chi connectivity index (χ0) is 41.5. The van der Waals surface area contributed by atoms with Crippen LogP contribution in [0.3, 0.4) is 0 Å². The zero-order valence-electron chi connectivity index (χ0n) is 34.8. The van der Waals surface area contributed by atoms with E-state index in [1.807, 2.05) is 24.3 Å². The summed E-state index contributed by atoms with van der Waals surface area (Å²) in [6.07, 6.45) is 0. The lowest BCUT2D eigenvalue weighted by atomic mass is 9.82. The van der Waals surface area contributed by atoms with Crippen LogP contribution in [0.5, 0.6) is 23.0 Å². The highest BCUT2D eigenvalue weighted by atomic mass is 16.5. The highest BCUT2D eigenvalue weighted by Gasteiger charge is 2.29. The summed E-state index contributed by atoms with van der Waals surface area (Å²) in [5, 5.41) is 7.14. The van der Waals surface area contributed by atoms with Crippen LogP contribution in [-0.4, -0.2) is 0 Å². The molecule has 0 spiro atoms. The third-order valence-electron chi connectivity index (χ3n) is 12.6. The Kier molecular flexibility index (Phi) is 8.07. The minimum Gasteiger partial charge on any atom is -0.453 e. The Morgan fingerprint density at radius 2 is 0.790 bits per heavy atom. The van der Waals surface area contributed by atoms with E-state index in [1.165, 1.54) is 60.1 Å². The predicted molar refractivity (Wildman–Crippen MR) is 258 cm³/mol. The van der Waals surface area contributed by atoms with Crippen molar-refractivity contribution in [1.29, 1.82) is 0 Å². The van der Waals surface area contributed by atoms with E-state index in [4.69, 9.17) is 9.47 Å². The third-order valence-corrected chi connectivity index (χ3v) is 12.6. The summed E-state index contributed by atoms with van der Waals surface area (Å²) in [5.74, 6) is 3.33. The first-order valence-electron chi connectivity index (χ1n) is 21.3. The minimum atomic E-state index is 0.0187. The molecule has 0 amide bonds. The molecule has 10 aromatic rings. The van der Waals surface area contributed by atoms with Gasteiger partial charge in [-0.2, -0.15) is 0 Å². The number of rotatable bonds is 4. The summed E-state index contributed by atoms with van der Waals surface area (Å²) in [7, 11) is 0. The lowest BCUT2D eigenvalue weighted by Gasteiger charge is -2.33. The van der Waals surface area contributed by atoms with Crippen molar-refractivity contribution in [2.45, 2.75) is 26.2 Å². The van der Waals surface area contributed by atoms with Gasteiger partial charge in [0.25, 0.3) is 0 Å². The number of anilines is 6. The predicted octanol–water partition coefficient (Wildman–Crippen LogP) is 16.9. The van der Waals surface area contributed by atoms with Gasteiger partial charge in [-0.15, -0.1) is 0 Å². The first-order chi connectivity index (χ1) is 30.4. The highest BCUT2D eigenvalue weighted by Crippen LogP contribution is 2.55. The van der Waals surface area contributed by atoms with Gasteiger partial charge in [0, 0.05) is 11.4 Å². The maximum Gasteiger partial charge on any atom is 0.151 e. The van der Waals surface area contributed by atoms with Crippen LogP contribution < -0.4 is 19.3 Å². The van der Waals surface area contributed by atoms with Crippen molar-refractivity contribution in [3.05, 3.63) is 206 Å². The van der Waals surface area contributed by atoms with E-state index < -0.39 is 0 Å². The van der Waals surface area contributed by atoms with Gasteiger partial charge < -0.3 is 19.3 Å². The Morgan fingerprint density at radius 1 is 0.355 bits per heavy atom. The summed E-state index contributed by atoms with van der Waals surface area (Å²) in [6.45, 7) is 6.83. The van der Waals surface area contributed by atoms with Crippen LogP contribution in [0.25, 0.3) is 54.6 Å². The fraction of sp³-hybridized carbons (Fsp3) is 0.0690. The molecule has 0 fully saturated rings. The van der Waals surface area contributed by atoms with Gasteiger partial charge in [-0.3, -0.25) is 0 Å². The van der Waals surface area contributed by atoms with Gasteiger partial charge >= 0.3 is 0 Å². The fourth-order valence-corrected chi connectivity index (χ4v) is 9.63. The van der Waals surface area contributed by atoms with Crippen molar-refractivity contribution < 1.29 is 9.47 Å². The molecule has 2 aliphatic heterocycles. The minimum absolute atomic E-state index is 0.0187. The molecule has 0 saturated carbocycles. The van der Waals surface area contributed by atoms with Gasteiger partial charge in [-0.05, 0) is 138 Å². The second-order valence-corrected chi connectivity index (χ2v) is 17.3. The molecule has 62 heavy (non-hydrogen) atoms. The van der Waals surface area contributed by atoms with Gasteiger partial charge in [-0.25, -0.2) is 0 Å². The van der Waals surface area contributed by atoms with Crippen molar-refractivity contribution in [3.8, 4) is 45.3 Å². The van der Waals surface area contributed by atoms with Gasteiger partial charge in [0.2, 0.25) is 0 Å². The number of hydrogen-bond donors (Lipinski definition) is 0. The van der Waals surface area contributed by atoms with Crippen LogP contribution in [0, 0.1) is 0 Å². The topological polar surface area (TPSA) is 24.9 Å². The average Bonchev–Trinajstić information content (AvgIpc) is 3.31. The molecule has 0 N–H and O–H groups in total. The average molecular weight is 799 g/mol. The van der Waals surface area contributed by atoms with Crippen molar-refractivity contribution in [3.63, 3.8) is 0 Å². The Labute approximate surface area is 361 Å². The number of ether oxygens (including phenoxy) is 2. The molecule has 0 bridgehead atoms. The largest absolute Gasteiger partial charge is 0.453 e. The molecule has 10 aromatic carbocycles. The Hall–Kier alpha value is -7.82. The van der Waals surface area contributed by atoms with Crippen molar-refractivity contribution >= 4 is 66.4 Å². The monoisotopic (exact) mass is 798 g/mol. The van der Waals surface area contributed by atoms with E-state index in [-0.39, 0.29) is 5.41 Å². The second-order valence-electron chi connectivity index (χ2n) is 17.3. The molecule has 0 atom stereocenters. The standard InChI is InChI=1S/C58H42N2O2/c1-58(2,3)39-29-27-38(28-30-39)56-44-33-31-41(60-50-21-8-12-25-54(50)62-55-26-13-9-22-51(55)60)36-47(44)57(43-18-14-16-37-15-4-5-17-42(37)43)45-34-32-40(35-46(45)56)59-48-19-6-10-23-52(48)61-53-24-11-7-20-49(53)59/h4-36H,1-3H3. The van der Waals surface area contributed by atoms with Crippen molar-refractivity contribution in [1.82, 2.24) is 0 Å². The molecule has 0 aliphatic carbocycles. The number of benzene rings is 10.